The van der Waals surface area contributed by atoms with Crippen LogP contribution in [-0.4, -0.2) is 17.5 Å². The summed E-state index contributed by atoms with van der Waals surface area (Å²) in [5.74, 6) is 0.966. The Balaban J connectivity index is 2.47. The number of aliphatic hydroxyl groups excluding tert-OH is 1. The second-order valence-corrected chi connectivity index (χ2v) is 4.45. The molecule has 0 aliphatic rings. The third kappa shape index (κ3) is 3.70. The van der Waals surface area contributed by atoms with Gasteiger partial charge in [0.15, 0.2) is 0 Å². The Morgan fingerprint density at radius 2 is 2.00 bits per heavy atom. The van der Waals surface area contributed by atoms with Crippen molar-refractivity contribution in [2.45, 2.75) is 24.3 Å². The van der Waals surface area contributed by atoms with Gasteiger partial charge in [-0.2, -0.15) is 0 Å². The lowest BCUT2D eigenvalue weighted by molar-refractivity contribution is 0.296. The molecular weight excluding hydrogens is 194 g/mol. The predicted molar refractivity (Wildman–Crippen MR) is 61.5 cm³/mol. The van der Waals surface area contributed by atoms with E-state index in [0.29, 0.717) is 0 Å². The van der Waals surface area contributed by atoms with Crippen molar-refractivity contribution < 1.29 is 5.11 Å². The van der Waals surface area contributed by atoms with Crippen molar-refractivity contribution >= 4 is 11.8 Å². The van der Waals surface area contributed by atoms with Gasteiger partial charge in [0.1, 0.15) is 0 Å². The third-order valence-electron chi connectivity index (χ3n) is 1.98. The highest BCUT2D eigenvalue weighted by Crippen LogP contribution is 2.20. The quantitative estimate of drug-likeness (QED) is 0.579. The van der Waals surface area contributed by atoms with Crippen molar-refractivity contribution in [2.24, 2.45) is 5.73 Å². The molecule has 0 saturated heterocycles. The lowest BCUT2D eigenvalue weighted by atomic mass is 10.1. The first-order chi connectivity index (χ1) is 6.74. The SMILES string of the molecule is CC(N)c1ccc(SCCCO)cc1. The molecule has 14 heavy (non-hydrogen) atoms. The highest BCUT2D eigenvalue weighted by Gasteiger charge is 1.99. The minimum atomic E-state index is 0.103. The number of hydrogen-bond donors (Lipinski definition) is 2. The van der Waals surface area contributed by atoms with Crippen LogP contribution in [0.5, 0.6) is 0 Å². The molecule has 3 heteroatoms. The number of benzene rings is 1. The summed E-state index contributed by atoms with van der Waals surface area (Å²) in [5, 5.41) is 8.63. The van der Waals surface area contributed by atoms with Gasteiger partial charge in [-0.25, -0.2) is 0 Å². The van der Waals surface area contributed by atoms with Crippen molar-refractivity contribution in [2.75, 3.05) is 12.4 Å². The summed E-state index contributed by atoms with van der Waals surface area (Å²) in [6.45, 7) is 2.25. The smallest absolute Gasteiger partial charge is 0.0439 e. The average Bonchev–Trinajstić information content (AvgIpc) is 2.19. The predicted octanol–water partition coefficient (Wildman–Crippen LogP) is 2.18. The second-order valence-electron chi connectivity index (χ2n) is 3.28. The van der Waals surface area contributed by atoms with Crippen LogP contribution < -0.4 is 5.73 Å². The van der Waals surface area contributed by atoms with Gasteiger partial charge in [0.05, 0.1) is 0 Å². The van der Waals surface area contributed by atoms with Crippen LogP contribution in [0.3, 0.4) is 0 Å². The van der Waals surface area contributed by atoms with E-state index in [2.05, 4.69) is 24.3 Å². The fourth-order valence-electron chi connectivity index (χ4n) is 1.12. The van der Waals surface area contributed by atoms with Gasteiger partial charge in [-0.3, -0.25) is 0 Å². The molecule has 0 bridgehead atoms. The first-order valence-electron chi connectivity index (χ1n) is 4.83. The van der Waals surface area contributed by atoms with Crippen LogP contribution in [0.25, 0.3) is 0 Å². The molecule has 2 nitrogen and oxygen atoms in total. The van der Waals surface area contributed by atoms with Crippen molar-refractivity contribution in [1.82, 2.24) is 0 Å². The summed E-state index contributed by atoms with van der Waals surface area (Å²) in [4.78, 5) is 1.24. The Kier molecular flexibility index (Phi) is 5.01. The van der Waals surface area contributed by atoms with Crippen LogP contribution in [-0.2, 0) is 0 Å². The van der Waals surface area contributed by atoms with Crippen LogP contribution in [0.15, 0.2) is 29.2 Å². The Morgan fingerprint density at radius 3 is 2.50 bits per heavy atom. The lowest BCUT2D eigenvalue weighted by Crippen LogP contribution is -2.04. The molecule has 1 aromatic rings. The van der Waals surface area contributed by atoms with Gasteiger partial charge in [-0.05, 0) is 31.0 Å². The largest absolute Gasteiger partial charge is 0.396 e. The third-order valence-corrected chi connectivity index (χ3v) is 3.08. The number of thioether (sulfide) groups is 1. The van der Waals surface area contributed by atoms with Gasteiger partial charge in [0, 0.05) is 23.3 Å². The van der Waals surface area contributed by atoms with E-state index in [-0.39, 0.29) is 12.6 Å². The number of aliphatic hydroxyl groups is 1. The average molecular weight is 211 g/mol. The van der Waals surface area contributed by atoms with Crippen molar-refractivity contribution in [3.63, 3.8) is 0 Å². The van der Waals surface area contributed by atoms with Crippen LogP contribution in [0, 0.1) is 0 Å². The Morgan fingerprint density at radius 1 is 1.36 bits per heavy atom. The van der Waals surface area contributed by atoms with Crippen LogP contribution in [0.1, 0.15) is 24.9 Å². The van der Waals surface area contributed by atoms with Crippen molar-refractivity contribution in [1.29, 1.82) is 0 Å². The Labute approximate surface area is 89.5 Å². The summed E-state index contributed by atoms with van der Waals surface area (Å²) in [6.07, 6.45) is 0.847. The molecule has 1 unspecified atom stereocenters. The summed E-state index contributed by atoms with van der Waals surface area (Å²) in [6, 6.07) is 8.39. The Hall–Kier alpha value is -0.510. The van der Waals surface area contributed by atoms with E-state index in [1.54, 1.807) is 11.8 Å². The van der Waals surface area contributed by atoms with Gasteiger partial charge < -0.3 is 10.8 Å². The normalized spacial score (nSPS) is 12.8. The summed E-state index contributed by atoms with van der Waals surface area (Å²) >= 11 is 1.76. The molecule has 3 N–H and O–H groups in total. The monoisotopic (exact) mass is 211 g/mol. The van der Waals surface area contributed by atoms with E-state index in [4.69, 9.17) is 10.8 Å². The van der Waals surface area contributed by atoms with Gasteiger partial charge in [0.2, 0.25) is 0 Å². The van der Waals surface area contributed by atoms with E-state index in [9.17, 15) is 0 Å². The molecule has 1 rings (SSSR count). The first-order valence-corrected chi connectivity index (χ1v) is 5.82. The summed E-state index contributed by atoms with van der Waals surface area (Å²) < 4.78 is 0. The molecule has 1 atom stereocenters. The van der Waals surface area contributed by atoms with Gasteiger partial charge in [0.25, 0.3) is 0 Å². The van der Waals surface area contributed by atoms with Crippen LogP contribution in [0.4, 0.5) is 0 Å². The first kappa shape index (κ1) is 11.6. The molecule has 0 heterocycles. The highest BCUT2D eigenvalue weighted by atomic mass is 32.2. The zero-order valence-corrected chi connectivity index (χ0v) is 9.26. The fraction of sp³-hybridized carbons (Fsp3) is 0.455. The molecule has 0 radical (unpaired) electrons. The maximum Gasteiger partial charge on any atom is 0.0439 e. The van der Waals surface area contributed by atoms with Crippen molar-refractivity contribution in [3.8, 4) is 0 Å². The zero-order chi connectivity index (χ0) is 10.4. The zero-order valence-electron chi connectivity index (χ0n) is 8.44. The van der Waals surface area contributed by atoms with E-state index in [1.807, 2.05) is 6.92 Å². The van der Waals surface area contributed by atoms with Gasteiger partial charge in [-0.1, -0.05) is 12.1 Å². The molecule has 0 saturated carbocycles. The van der Waals surface area contributed by atoms with Crippen LogP contribution in [0.2, 0.25) is 0 Å². The summed E-state index contributed by atoms with van der Waals surface area (Å²) in [5.41, 5.74) is 6.91. The summed E-state index contributed by atoms with van der Waals surface area (Å²) in [7, 11) is 0. The molecular formula is C11H17NOS. The molecule has 0 aliphatic heterocycles. The lowest BCUT2D eigenvalue weighted by Gasteiger charge is -2.06. The minimum absolute atomic E-state index is 0.103. The minimum Gasteiger partial charge on any atom is -0.396 e. The fourth-order valence-corrected chi connectivity index (χ4v) is 1.96. The maximum absolute atomic E-state index is 8.63. The molecule has 0 amide bonds. The van der Waals surface area contributed by atoms with Crippen LogP contribution >= 0.6 is 11.8 Å². The number of rotatable bonds is 5. The van der Waals surface area contributed by atoms with E-state index in [0.717, 1.165) is 17.7 Å². The Bertz CT molecular complexity index is 258. The van der Waals surface area contributed by atoms with E-state index >= 15 is 0 Å². The molecule has 78 valence electrons. The van der Waals surface area contributed by atoms with Gasteiger partial charge in [-0.15, -0.1) is 11.8 Å². The molecule has 0 aliphatic carbocycles. The number of nitrogens with two attached hydrogens (primary N) is 1. The molecule has 0 spiro atoms. The van der Waals surface area contributed by atoms with Gasteiger partial charge >= 0.3 is 0 Å². The molecule has 1 aromatic carbocycles. The van der Waals surface area contributed by atoms with E-state index < -0.39 is 0 Å². The number of hydrogen-bond acceptors (Lipinski definition) is 3. The topological polar surface area (TPSA) is 46.2 Å². The standard InChI is InChI=1S/C11H17NOS/c1-9(12)10-3-5-11(6-4-10)14-8-2-7-13/h3-6,9,13H,2,7-8,12H2,1H3. The van der Waals surface area contributed by atoms with Crippen molar-refractivity contribution in [3.05, 3.63) is 29.8 Å². The molecule has 0 fully saturated rings. The van der Waals surface area contributed by atoms with E-state index in [1.165, 1.54) is 4.90 Å². The second kappa shape index (κ2) is 6.06. The maximum atomic E-state index is 8.63. The highest BCUT2D eigenvalue weighted by molar-refractivity contribution is 7.99. The molecule has 0 aromatic heterocycles.